The topological polar surface area (TPSA) is 54.9 Å². The minimum Gasteiger partial charge on any atom is -0.307 e. The number of aromatic nitrogens is 2. The van der Waals surface area contributed by atoms with Crippen molar-refractivity contribution in [2.24, 2.45) is 0 Å². The van der Waals surface area contributed by atoms with Crippen molar-refractivity contribution in [2.75, 3.05) is 5.32 Å². The third-order valence-corrected chi connectivity index (χ3v) is 2.51. The predicted octanol–water partition coefficient (Wildman–Crippen LogP) is 3.04. The molecule has 0 aliphatic rings. The van der Waals surface area contributed by atoms with Gasteiger partial charge in [0, 0.05) is 18.6 Å². The van der Waals surface area contributed by atoms with Crippen LogP contribution in [0.25, 0.3) is 0 Å². The highest BCUT2D eigenvalue weighted by Crippen LogP contribution is 2.16. The van der Waals surface area contributed by atoms with Gasteiger partial charge in [0.25, 0.3) is 5.91 Å². The molecule has 0 unspecified atom stereocenters. The fourth-order valence-electron chi connectivity index (χ4n) is 1.19. The van der Waals surface area contributed by atoms with E-state index in [1.165, 1.54) is 24.7 Å². The van der Waals surface area contributed by atoms with Gasteiger partial charge in [0.1, 0.15) is 5.82 Å². The number of halogens is 2. The van der Waals surface area contributed by atoms with Crippen molar-refractivity contribution in [3.63, 3.8) is 0 Å². The number of anilines is 1. The Labute approximate surface area is 108 Å². The fourth-order valence-corrected chi connectivity index (χ4v) is 1.51. The summed E-state index contributed by atoms with van der Waals surface area (Å²) in [5, 5.41) is 3.40. The highest BCUT2D eigenvalue weighted by Gasteiger charge is 2.10. The minimum absolute atomic E-state index is 0.291. The number of carbonyl (C=O) groups is 1. The standard InChI is InChI=1S/C11H7Cl2N3O/c12-7-1-2-10(15-5-7)16-11(17)8-3-4-14-6-9(8)13/h1-6H,(H,15,16,17). The Bertz CT molecular complexity index is 543. The molecule has 0 spiro atoms. The summed E-state index contributed by atoms with van der Waals surface area (Å²) in [5.41, 5.74) is 0.346. The molecule has 0 bridgehead atoms. The molecule has 0 aliphatic heterocycles. The highest BCUT2D eigenvalue weighted by atomic mass is 35.5. The van der Waals surface area contributed by atoms with E-state index in [2.05, 4.69) is 15.3 Å². The van der Waals surface area contributed by atoms with Crippen LogP contribution in [-0.4, -0.2) is 15.9 Å². The second-order valence-corrected chi connectivity index (χ2v) is 4.01. The summed E-state index contributed by atoms with van der Waals surface area (Å²) in [4.78, 5) is 19.6. The molecule has 0 saturated heterocycles. The van der Waals surface area contributed by atoms with E-state index in [-0.39, 0.29) is 5.91 Å². The zero-order valence-corrected chi connectivity index (χ0v) is 10.0. The summed E-state index contributed by atoms with van der Waals surface area (Å²) in [6, 6.07) is 4.78. The van der Waals surface area contributed by atoms with Gasteiger partial charge in [0.2, 0.25) is 0 Å². The number of hydrogen-bond acceptors (Lipinski definition) is 3. The number of hydrogen-bond donors (Lipinski definition) is 1. The number of rotatable bonds is 2. The van der Waals surface area contributed by atoms with Crippen LogP contribution >= 0.6 is 23.2 Å². The normalized spacial score (nSPS) is 10.0. The van der Waals surface area contributed by atoms with Crippen LogP contribution in [0.4, 0.5) is 5.82 Å². The molecule has 0 aliphatic carbocycles. The fraction of sp³-hybridized carbons (Fsp3) is 0. The van der Waals surface area contributed by atoms with E-state index in [0.717, 1.165) is 0 Å². The van der Waals surface area contributed by atoms with E-state index in [4.69, 9.17) is 23.2 Å². The van der Waals surface area contributed by atoms with E-state index in [1.807, 2.05) is 0 Å². The van der Waals surface area contributed by atoms with E-state index >= 15 is 0 Å². The maximum atomic E-state index is 11.8. The number of nitrogens with zero attached hydrogens (tertiary/aromatic N) is 2. The van der Waals surface area contributed by atoms with Crippen LogP contribution < -0.4 is 5.32 Å². The Morgan fingerprint density at radius 1 is 1.18 bits per heavy atom. The van der Waals surface area contributed by atoms with Crippen molar-refractivity contribution in [1.29, 1.82) is 0 Å². The number of pyridine rings is 2. The molecule has 1 N–H and O–H groups in total. The third kappa shape index (κ3) is 2.93. The lowest BCUT2D eigenvalue weighted by Crippen LogP contribution is -2.13. The maximum absolute atomic E-state index is 11.8. The summed E-state index contributed by atoms with van der Waals surface area (Å²) in [7, 11) is 0. The number of amides is 1. The molecular formula is C11H7Cl2N3O. The average molecular weight is 268 g/mol. The molecule has 0 fully saturated rings. The van der Waals surface area contributed by atoms with Gasteiger partial charge < -0.3 is 5.32 Å². The molecule has 1 amide bonds. The van der Waals surface area contributed by atoms with Crippen molar-refractivity contribution in [2.45, 2.75) is 0 Å². The SMILES string of the molecule is O=C(Nc1ccc(Cl)cn1)c1ccncc1Cl. The average Bonchev–Trinajstić information content (AvgIpc) is 2.32. The Hall–Kier alpha value is -1.65. The van der Waals surface area contributed by atoms with Gasteiger partial charge >= 0.3 is 0 Å². The summed E-state index contributed by atoms with van der Waals surface area (Å²) < 4.78 is 0. The monoisotopic (exact) mass is 267 g/mol. The van der Waals surface area contributed by atoms with Crippen molar-refractivity contribution in [3.8, 4) is 0 Å². The summed E-state index contributed by atoms with van der Waals surface area (Å²) in [5.74, 6) is 0.0690. The lowest BCUT2D eigenvalue weighted by molar-refractivity contribution is 0.102. The van der Waals surface area contributed by atoms with Crippen LogP contribution in [0.5, 0.6) is 0 Å². The number of nitrogens with one attached hydrogen (secondary N) is 1. The van der Waals surface area contributed by atoms with Gasteiger partial charge in [-0.05, 0) is 18.2 Å². The van der Waals surface area contributed by atoms with E-state index < -0.39 is 0 Å². The molecule has 2 aromatic heterocycles. The second-order valence-electron chi connectivity index (χ2n) is 3.17. The summed E-state index contributed by atoms with van der Waals surface area (Å²) >= 11 is 11.5. The lowest BCUT2D eigenvalue weighted by atomic mass is 10.2. The van der Waals surface area contributed by atoms with Crippen molar-refractivity contribution >= 4 is 34.9 Å². The maximum Gasteiger partial charge on any atom is 0.258 e. The number of carbonyl (C=O) groups excluding carboxylic acids is 1. The summed E-state index contributed by atoms with van der Waals surface area (Å²) in [6.45, 7) is 0. The largest absolute Gasteiger partial charge is 0.307 e. The van der Waals surface area contributed by atoms with Crippen LogP contribution in [0.15, 0.2) is 36.8 Å². The van der Waals surface area contributed by atoms with Gasteiger partial charge in [-0.3, -0.25) is 9.78 Å². The Morgan fingerprint density at radius 2 is 2.00 bits per heavy atom. The zero-order valence-electron chi connectivity index (χ0n) is 8.52. The minimum atomic E-state index is -0.341. The first-order valence-corrected chi connectivity index (χ1v) is 5.45. The zero-order chi connectivity index (χ0) is 12.3. The molecule has 2 rings (SSSR count). The van der Waals surface area contributed by atoms with Crippen molar-refractivity contribution < 1.29 is 4.79 Å². The second kappa shape index (κ2) is 5.12. The smallest absolute Gasteiger partial charge is 0.258 e. The van der Waals surface area contributed by atoms with Gasteiger partial charge in [-0.2, -0.15) is 0 Å². The van der Waals surface area contributed by atoms with Gasteiger partial charge in [0.15, 0.2) is 0 Å². The summed E-state index contributed by atoms with van der Waals surface area (Å²) in [6.07, 6.45) is 4.35. The molecule has 2 heterocycles. The first-order valence-electron chi connectivity index (χ1n) is 4.69. The molecular weight excluding hydrogens is 261 g/mol. The molecule has 86 valence electrons. The quantitative estimate of drug-likeness (QED) is 0.910. The molecule has 6 heteroatoms. The molecule has 0 radical (unpaired) electrons. The van der Waals surface area contributed by atoms with Crippen LogP contribution in [0.2, 0.25) is 10.0 Å². The van der Waals surface area contributed by atoms with Gasteiger partial charge in [-0.15, -0.1) is 0 Å². The molecule has 0 atom stereocenters. The Kier molecular flexibility index (Phi) is 3.56. The molecule has 17 heavy (non-hydrogen) atoms. The molecule has 4 nitrogen and oxygen atoms in total. The van der Waals surface area contributed by atoms with Gasteiger partial charge in [0.05, 0.1) is 15.6 Å². The van der Waals surface area contributed by atoms with Gasteiger partial charge in [-0.25, -0.2) is 4.98 Å². The van der Waals surface area contributed by atoms with Crippen LogP contribution in [0.3, 0.4) is 0 Å². The van der Waals surface area contributed by atoms with E-state index in [1.54, 1.807) is 12.1 Å². The molecule has 0 saturated carbocycles. The molecule has 2 aromatic rings. The Morgan fingerprint density at radius 3 is 2.65 bits per heavy atom. The van der Waals surface area contributed by atoms with Crippen molar-refractivity contribution in [1.82, 2.24) is 9.97 Å². The molecule has 0 aromatic carbocycles. The van der Waals surface area contributed by atoms with Gasteiger partial charge in [-0.1, -0.05) is 23.2 Å². The third-order valence-electron chi connectivity index (χ3n) is 1.99. The highest BCUT2D eigenvalue weighted by molar-refractivity contribution is 6.34. The lowest BCUT2D eigenvalue weighted by Gasteiger charge is -2.05. The van der Waals surface area contributed by atoms with Crippen molar-refractivity contribution in [3.05, 3.63) is 52.4 Å². The Balaban J connectivity index is 2.17. The first kappa shape index (κ1) is 11.8. The van der Waals surface area contributed by atoms with Crippen LogP contribution in [0, 0.1) is 0 Å². The van der Waals surface area contributed by atoms with Crippen LogP contribution in [0.1, 0.15) is 10.4 Å². The van der Waals surface area contributed by atoms with E-state index in [9.17, 15) is 4.79 Å². The first-order chi connectivity index (χ1) is 8.16. The predicted molar refractivity (Wildman–Crippen MR) is 66.4 cm³/mol. The van der Waals surface area contributed by atoms with E-state index in [0.29, 0.717) is 21.4 Å². The van der Waals surface area contributed by atoms with Crippen LogP contribution in [-0.2, 0) is 0 Å².